The lowest BCUT2D eigenvalue weighted by molar-refractivity contribution is 0.0638. The van der Waals surface area contributed by atoms with Gasteiger partial charge in [0.05, 0.1) is 17.7 Å². The average Bonchev–Trinajstić information content (AvgIpc) is 2.88. The molecule has 1 aliphatic rings. The first-order valence-corrected chi connectivity index (χ1v) is 5.66. The van der Waals surface area contributed by atoms with Crippen LogP contribution in [0.5, 0.6) is 0 Å². The van der Waals surface area contributed by atoms with E-state index in [1.165, 1.54) is 17.1 Å². The van der Waals surface area contributed by atoms with E-state index in [1.54, 1.807) is 19.2 Å². The number of carbonyl (C=O) groups is 2. The number of carbonyl (C=O) groups excluding carboxylic acids is 2. The SMILES string of the molecule is Cn1cnc(CN2C(=O)c3ccc(N)cc3C2=O)n1. The molecule has 19 heavy (non-hydrogen) atoms. The summed E-state index contributed by atoms with van der Waals surface area (Å²) >= 11 is 0. The van der Waals surface area contributed by atoms with E-state index in [0.717, 1.165) is 4.90 Å². The van der Waals surface area contributed by atoms with E-state index in [-0.39, 0.29) is 18.4 Å². The van der Waals surface area contributed by atoms with Gasteiger partial charge < -0.3 is 5.73 Å². The summed E-state index contributed by atoms with van der Waals surface area (Å²) in [6.07, 6.45) is 1.52. The zero-order chi connectivity index (χ0) is 13.6. The number of amides is 2. The third-order valence-electron chi connectivity index (χ3n) is 2.94. The predicted octanol–water partition coefficient (Wildman–Crippen LogP) is 0.193. The predicted molar refractivity (Wildman–Crippen MR) is 66.1 cm³/mol. The van der Waals surface area contributed by atoms with Crippen molar-refractivity contribution >= 4 is 17.5 Å². The number of hydrogen-bond donors (Lipinski definition) is 1. The van der Waals surface area contributed by atoms with E-state index in [4.69, 9.17) is 5.73 Å². The number of benzene rings is 1. The molecule has 0 saturated carbocycles. The molecule has 0 fully saturated rings. The molecule has 1 aliphatic heterocycles. The normalized spacial score (nSPS) is 14.1. The number of hydrogen-bond acceptors (Lipinski definition) is 5. The van der Waals surface area contributed by atoms with Crippen molar-refractivity contribution in [2.75, 3.05) is 5.73 Å². The summed E-state index contributed by atoms with van der Waals surface area (Å²) in [7, 11) is 1.72. The van der Waals surface area contributed by atoms with Gasteiger partial charge >= 0.3 is 0 Å². The highest BCUT2D eigenvalue weighted by Gasteiger charge is 2.36. The molecule has 0 saturated heterocycles. The number of nitrogen functional groups attached to an aromatic ring is 1. The molecule has 0 unspecified atom stereocenters. The molecule has 2 amide bonds. The lowest BCUT2D eigenvalue weighted by atomic mass is 10.1. The number of rotatable bonds is 2. The fourth-order valence-corrected chi connectivity index (χ4v) is 2.05. The van der Waals surface area contributed by atoms with Gasteiger partial charge in [0.2, 0.25) is 0 Å². The second kappa shape index (κ2) is 3.91. The van der Waals surface area contributed by atoms with Crippen LogP contribution in [0, 0.1) is 0 Å². The van der Waals surface area contributed by atoms with Crippen molar-refractivity contribution in [3.05, 3.63) is 41.5 Å². The second-order valence-electron chi connectivity index (χ2n) is 4.34. The molecule has 7 heteroatoms. The van der Waals surface area contributed by atoms with Gasteiger partial charge in [-0.2, -0.15) is 5.10 Å². The summed E-state index contributed by atoms with van der Waals surface area (Å²) < 4.78 is 1.52. The molecule has 2 N–H and O–H groups in total. The molecule has 0 aliphatic carbocycles. The average molecular weight is 257 g/mol. The van der Waals surface area contributed by atoms with Crippen molar-refractivity contribution in [3.63, 3.8) is 0 Å². The van der Waals surface area contributed by atoms with Gasteiger partial charge in [0.1, 0.15) is 6.33 Å². The molecule has 1 aromatic heterocycles. The topological polar surface area (TPSA) is 94.1 Å². The Morgan fingerprint density at radius 1 is 1.21 bits per heavy atom. The van der Waals surface area contributed by atoms with Gasteiger partial charge in [0.15, 0.2) is 5.82 Å². The van der Waals surface area contributed by atoms with Crippen LogP contribution in [0.25, 0.3) is 0 Å². The van der Waals surface area contributed by atoms with Crippen LogP contribution in [0.2, 0.25) is 0 Å². The minimum absolute atomic E-state index is 0.0626. The van der Waals surface area contributed by atoms with Gasteiger partial charge in [-0.25, -0.2) is 4.98 Å². The van der Waals surface area contributed by atoms with Crippen molar-refractivity contribution < 1.29 is 9.59 Å². The van der Waals surface area contributed by atoms with Gasteiger partial charge in [-0.1, -0.05) is 0 Å². The van der Waals surface area contributed by atoms with Crippen LogP contribution < -0.4 is 5.73 Å². The summed E-state index contributed by atoms with van der Waals surface area (Å²) in [6, 6.07) is 4.69. The van der Waals surface area contributed by atoms with Crippen LogP contribution >= 0.6 is 0 Å². The fraction of sp³-hybridized carbons (Fsp3) is 0.167. The molecule has 2 heterocycles. The highest BCUT2D eigenvalue weighted by molar-refractivity contribution is 6.21. The molecule has 7 nitrogen and oxygen atoms in total. The van der Waals surface area contributed by atoms with Crippen LogP contribution in [-0.4, -0.2) is 31.5 Å². The Morgan fingerprint density at radius 2 is 1.95 bits per heavy atom. The first kappa shape index (κ1) is 11.4. The van der Waals surface area contributed by atoms with Crippen molar-refractivity contribution in [1.29, 1.82) is 0 Å². The summed E-state index contributed by atoms with van der Waals surface area (Å²) in [5.74, 6) is -0.280. The maximum Gasteiger partial charge on any atom is 0.262 e. The number of nitrogens with two attached hydrogens (primary N) is 1. The number of nitrogens with zero attached hydrogens (tertiary/aromatic N) is 4. The van der Waals surface area contributed by atoms with E-state index < -0.39 is 0 Å². The van der Waals surface area contributed by atoms with Crippen LogP contribution in [0.4, 0.5) is 5.69 Å². The monoisotopic (exact) mass is 257 g/mol. The zero-order valence-corrected chi connectivity index (χ0v) is 10.2. The number of aromatic nitrogens is 3. The van der Waals surface area contributed by atoms with Crippen molar-refractivity contribution in [1.82, 2.24) is 19.7 Å². The van der Waals surface area contributed by atoms with Gasteiger partial charge in [-0.3, -0.25) is 19.2 Å². The Labute approximate surface area is 108 Å². The van der Waals surface area contributed by atoms with E-state index in [1.807, 2.05) is 0 Å². The standard InChI is InChI=1S/C12H11N5O2/c1-16-6-14-10(15-16)5-17-11(18)8-3-2-7(13)4-9(8)12(17)19/h2-4,6H,5,13H2,1H3. The van der Waals surface area contributed by atoms with Crippen molar-refractivity contribution in [2.45, 2.75) is 6.54 Å². The van der Waals surface area contributed by atoms with E-state index >= 15 is 0 Å². The van der Waals surface area contributed by atoms with Crippen LogP contribution in [0.3, 0.4) is 0 Å². The molecule has 0 radical (unpaired) electrons. The third-order valence-corrected chi connectivity index (χ3v) is 2.94. The van der Waals surface area contributed by atoms with Crippen LogP contribution in [0.15, 0.2) is 24.5 Å². The molecular weight excluding hydrogens is 246 g/mol. The number of anilines is 1. The molecular formula is C12H11N5O2. The quantitative estimate of drug-likeness (QED) is 0.612. The number of imide groups is 1. The van der Waals surface area contributed by atoms with Gasteiger partial charge in [-0.15, -0.1) is 0 Å². The van der Waals surface area contributed by atoms with Crippen molar-refractivity contribution in [3.8, 4) is 0 Å². The zero-order valence-electron chi connectivity index (χ0n) is 10.2. The Hall–Kier alpha value is -2.70. The highest BCUT2D eigenvalue weighted by atomic mass is 16.2. The van der Waals surface area contributed by atoms with Crippen LogP contribution in [0.1, 0.15) is 26.5 Å². The third kappa shape index (κ3) is 1.75. The molecule has 1 aromatic carbocycles. The van der Waals surface area contributed by atoms with E-state index in [0.29, 0.717) is 22.6 Å². The summed E-state index contributed by atoms with van der Waals surface area (Å²) in [6.45, 7) is 0.0626. The Kier molecular flexibility index (Phi) is 2.34. The smallest absolute Gasteiger partial charge is 0.262 e. The lowest BCUT2D eigenvalue weighted by Crippen LogP contribution is -2.29. The number of aryl methyl sites for hydroxylation is 1. The molecule has 96 valence electrons. The maximum atomic E-state index is 12.2. The summed E-state index contributed by atoms with van der Waals surface area (Å²) in [4.78, 5) is 29.4. The maximum absolute atomic E-state index is 12.2. The second-order valence-corrected chi connectivity index (χ2v) is 4.34. The summed E-state index contributed by atoms with van der Waals surface area (Å²) in [5, 5.41) is 4.06. The molecule has 0 spiro atoms. The molecule has 0 bridgehead atoms. The van der Waals surface area contributed by atoms with Crippen LogP contribution in [-0.2, 0) is 13.6 Å². The largest absolute Gasteiger partial charge is 0.399 e. The van der Waals surface area contributed by atoms with Gasteiger partial charge in [0, 0.05) is 12.7 Å². The Morgan fingerprint density at radius 3 is 2.63 bits per heavy atom. The first-order chi connectivity index (χ1) is 9.06. The fourth-order valence-electron chi connectivity index (χ4n) is 2.05. The lowest BCUT2D eigenvalue weighted by Gasteiger charge is -2.10. The summed E-state index contributed by atoms with van der Waals surface area (Å²) in [5.41, 5.74) is 6.79. The minimum Gasteiger partial charge on any atom is -0.399 e. The number of fused-ring (bicyclic) bond motifs is 1. The highest BCUT2D eigenvalue weighted by Crippen LogP contribution is 2.25. The van der Waals surface area contributed by atoms with Crippen molar-refractivity contribution in [2.24, 2.45) is 7.05 Å². The molecule has 0 atom stereocenters. The Balaban J connectivity index is 1.94. The minimum atomic E-state index is -0.361. The molecule has 3 rings (SSSR count). The van der Waals surface area contributed by atoms with E-state index in [9.17, 15) is 9.59 Å². The van der Waals surface area contributed by atoms with Gasteiger partial charge in [0.25, 0.3) is 11.8 Å². The molecule has 2 aromatic rings. The van der Waals surface area contributed by atoms with Gasteiger partial charge in [-0.05, 0) is 18.2 Å². The first-order valence-electron chi connectivity index (χ1n) is 5.66. The van der Waals surface area contributed by atoms with E-state index in [2.05, 4.69) is 10.1 Å². The Bertz CT molecular complexity index is 691.